The molecule has 1 unspecified atom stereocenters. The number of thioether (sulfide) groups is 1. The first kappa shape index (κ1) is 18.3. The molecule has 0 saturated carbocycles. The summed E-state index contributed by atoms with van der Waals surface area (Å²) < 4.78 is 38.4. The highest BCUT2D eigenvalue weighted by molar-refractivity contribution is 8.00. The standard InChI is InChI=1S/C18H15F3N2O2S/c19-18(20,21)13-7-4-8-14(9-13)26-16-10-15(24)23(16)17(25)22-11-12-5-2-1-3-6-12/h1-9,16H,10-11H2,(H,22,25). The monoisotopic (exact) mass is 380 g/mol. The van der Waals surface area contributed by atoms with Gasteiger partial charge >= 0.3 is 12.2 Å². The van der Waals surface area contributed by atoms with Gasteiger partial charge in [-0.15, -0.1) is 0 Å². The number of rotatable bonds is 4. The second-order valence-electron chi connectivity index (χ2n) is 5.71. The minimum atomic E-state index is -4.43. The molecule has 1 heterocycles. The van der Waals surface area contributed by atoms with E-state index in [4.69, 9.17) is 0 Å². The molecule has 1 aliphatic rings. The lowest BCUT2D eigenvalue weighted by Crippen LogP contribution is -2.57. The topological polar surface area (TPSA) is 49.4 Å². The summed E-state index contributed by atoms with van der Waals surface area (Å²) in [5.41, 5.74) is 0.129. The van der Waals surface area contributed by atoms with Gasteiger partial charge in [-0.1, -0.05) is 48.2 Å². The van der Waals surface area contributed by atoms with Crippen LogP contribution in [0.15, 0.2) is 59.5 Å². The van der Waals surface area contributed by atoms with E-state index in [0.29, 0.717) is 4.90 Å². The maximum absolute atomic E-state index is 12.8. The highest BCUT2D eigenvalue weighted by Crippen LogP contribution is 2.37. The SMILES string of the molecule is O=C1CC(Sc2cccc(C(F)(F)F)c2)N1C(=O)NCc1ccccc1. The number of alkyl halides is 3. The van der Waals surface area contributed by atoms with Crippen molar-refractivity contribution in [2.45, 2.75) is 29.4 Å². The molecule has 1 fully saturated rings. The number of halogens is 3. The van der Waals surface area contributed by atoms with Crippen molar-refractivity contribution in [1.82, 2.24) is 10.2 Å². The van der Waals surface area contributed by atoms with Crippen LogP contribution in [0, 0.1) is 0 Å². The summed E-state index contributed by atoms with van der Waals surface area (Å²) in [6, 6.07) is 13.5. The minimum Gasteiger partial charge on any atom is -0.334 e. The van der Waals surface area contributed by atoms with Crippen molar-refractivity contribution >= 4 is 23.7 Å². The van der Waals surface area contributed by atoms with Crippen molar-refractivity contribution in [2.75, 3.05) is 0 Å². The van der Waals surface area contributed by atoms with Crippen molar-refractivity contribution in [2.24, 2.45) is 0 Å². The number of likely N-dealkylation sites (tertiary alicyclic amines) is 1. The van der Waals surface area contributed by atoms with Crippen LogP contribution in [0.3, 0.4) is 0 Å². The predicted octanol–water partition coefficient (Wildman–Crippen LogP) is 4.27. The summed E-state index contributed by atoms with van der Waals surface area (Å²) in [6.45, 7) is 0.268. The van der Waals surface area contributed by atoms with Crippen LogP contribution >= 0.6 is 11.8 Å². The second-order valence-corrected chi connectivity index (χ2v) is 6.96. The first-order valence-corrected chi connectivity index (χ1v) is 8.70. The lowest BCUT2D eigenvalue weighted by Gasteiger charge is -2.37. The summed E-state index contributed by atoms with van der Waals surface area (Å²) in [4.78, 5) is 25.4. The fourth-order valence-corrected chi connectivity index (χ4v) is 3.70. The molecule has 3 rings (SSSR count). The number of nitrogens with zero attached hydrogens (tertiary/aromatic N) is 1. The van der Waals surface area contributed by atoms with Crippen molar-refractivity contribution < 1.29 is 22.8 Å². The Morgan fingerprint density at radius 1 is 1.15 bits per heavy atom. The maximum atomic E-state index is 12.8. The summed E-state index contributed by atoms with van der Waals surface area (Å²) in [6.07, 6.45) is -4.32. The predicted molar refractivity (Wildman–Crippen MR) is 91.2 cm³/mol. The zero-order chi connectivity index (χ0) is 18.7. The number of nitrogens with one attached hydrogen (secondary N) is 1. The lowest BCUT2D eigenvalue weighted by atomic mass is 10.2. The van der Waals surface area contributed by atoms with Crippen molar-refractivity contribution in [3.63, 3.8) is 0 Å². The number of hydrogen-bond acceptors (Lipinski definition) is 3. The molecule has 26 heavy (non-hydrogen) atoms. The van der Waals surface area contributed by atoms with Gasteiger partial charge in [-0.25, -0.2) is 4.79 Å². The van der Waals surface area contributed by atoms with E-state index >= 15 is 0 Å². The third-order valence-electron chi connectivity index (χ3n) is 3.84. The molecule has 0 spiro atoms. The Labute approximate surface area is 152 Å². The van der Waals surface area contributed by atoms with Crippen molar-refractivity contribution in [1.29, 1.82) is 0 Å². The number of hydrogen-bond donors (Lipinski definition) is 1. The van der Waals surface area contributed by atoms with E-state index in [9.17, 15) is 22.8 Å². The molecule has 2 aromatic carbocycles. The Morgan fingerprint density at radius 3 is 2.54 bits per heavy atom. The Kier molecular flexibility index (Phi) is 5.22. The fourth-order valence-electron chi connectivity index (χ4n) is 2.49. The molecule has 0 aromatic heterocycles. The van der Waals surface area contributed by atoms with E-state index in [0.717, 1.165) is 34.4 Å². The van der Waals surface area contributed by atoms with Gasteiger partial charge in [0.15, 0.2) is 0 Å². The van der Waals surface area contributed by atoms with Gasteiger partial charge in [0.1, 0.15) is 5.37 Å². The molecule has 8 heteroatoms. The van der Waals surface area contributed by atoms with Crippen LogP contribution in [0.2, 0.25) is 0 Å². The number of urea groups is 1. The molecule has 1 saturated heterocycles. The first-order valence-electron chi connectivity index (χ1n) is 7.82. The van der Waals surface area contributed by atoms with Gasteiger partial charge in [0.05, 0.1) is 12.0 Å². The Morgan fingerprint density at radius 2 is 1.88 bits per heavy atom. The van der Waals surface area contributed by atoms with Gasteiger partial charge in [0.2, 0.25) is 5.91 Å². The molecule has 1 aliphatic heterocycles. The Hall–Kier alpha value is -2.48. The number of β-lactam (4-membered cyclic amide) rings is 1. The maximum Gasteiger partial charge on any atom is 0.416 e. The minimum absolute atomic E-state index is 0.111. The van der Waals surface area contributed by atoms with Gasteiger partial charge in [0, 0.05) is 11.4 Å². The average molecular weight is 380 g/mol. The molecule has 0 aliphatic carbocycles. The number of carbonyl (C=O) groups excluding carboxylic acids is 2. The lowest BCUT2D eigenvalue weighted by molar-refractivity contribution is -0.138. The largest absolute Gasteiger partial charge is 0.416 e. The molecule has 0 radical (unpaired) electrons. The first-order chi connectivity index (χ1) is 12.3. The molecule has 1 atom stereocenters. The van der Waals surface area contributed by atoms with E-state index < -0.39 is 23.1 Å². The summed E-state index contributed by atoms with van der Waals surface area (Å²) in [5, 5.41) is 2.14. The van der Waals surface area contributed by atoms with Gasteiger partial charge in [0.25, 0.3) is 0 Å². The third kappa shape index (κ3) is 4.19. The highest BCUT2D eigenvalue weighted by atomic mass is 32.2. The number of imide groups is 1. The summed E-state index contributed by atoms with van der Waals surface area (Å²) in [5.74, 6) is -0.347. The van der Waals surface area contributed by atoms with Crippen LogP contribution in [0.4, 0.5) is 18.0 Å². The third-order valence-corrected chi connectivity index (χ3v) is 5.02. The fraction of sp³-hybridized carbons (Fsp3) is 0.222. The van der Waals surface area contributed by atoms with E-state index in [2.05, 4.69) is 5.32 Å². The molecular weight excluding hydrogens is 365 g/mol. The normalized spacial score (nSPS) is 17.0. The van der Waals surface area contributed by atoms with Gasteiger partial charge in [-0.3, -0.25) is 9.69 Å². The van der Waals surface area contributed by atoms with Crippen molar-refractivity contribution in [3.05, 3.63) is 65.7 Å². The van der Waals surface area contributed by atoms with Crippen LogP contribution in [0.25, 0.3) is 0 Å². The molecule has 136 valence electrons. The van der Waals surface area contributed by atoms with Crippen LogP contribution in [0.5, 0.6) is 0 Å². The average Bonchev–Trinajstić information content (AvgIpc) is 2.60. The van der Waals surface area contributed by atoms with E-state index in [-0.39, 0.29) is 18.9 Å². The number of amides is 3. The van der Waals surface area contributed by atoms with Crippen LogP contribution in [-0.4, -0.2) is 22.2 Å². The zero-order valence-electron chi connectivity index (χ0n) is 13.5. The molecule has 1 N–H and O–H groups in total. The smallest absolute Gasteiger partial charge is 0.334 e. The van der Waals surface area contributed by atoms with E-state index in [1.807, 2.05) is 30.3 Å². The molecule has 2 aromatic rings. The molecule has 4 nitrogen and oxygen atoms in total. The number of benzene rings is 2. The van der Waals surface area contributed by atoms with Crippen LogP contribution < -0.4 is 5.32 Å². The van der Waals surface area contributed by atoms with Crippen LogP contribution in [0.1, 0.15) is 17.5 Å². The Bertz CT molecular complexity index is 812. The van der Waals surface area contributed by atoms with Gasteiger partial charge < -0.3 is 5.32 Å². The Balaban J connectivity index is 1.62. The van der Waals surface area contributed by atoms with Crippen molar-refractivity contribution in [3.8, 4) is 0 Å². The molecule has 3 amide bonds. The zero-order valence-corrected chi connectivity index (χ0v) is 14.3. The second kappa shape index (κ2) is 7.41. The van der Waals surface area contributed by atoms with Gasteiger partial charge in [-0.05, 0) is 23.8 Å². The quantitative estimate of drug-likeness (QED) is 0.806. The highest BCUT2D eigenvalue weighted by Gasteiger charge is 2.41. The summed E-state index contributed by atoms with van der Waals surface area (Å²) >= 11 is 1.07. The van der Waals surface area contributed by atoms with E-state index in [1.54, 1.807) is 0 Å². The van der Waals surface area contributed by atoms with E-state index in [1.165, 1.54) is 12.1 Å². The molecular formula is C18H15F3N2O2S. The van der Waals surface area contributed by atoms with Crippen LogP contribution in [-0.2, 0) is 17.5 Å². The van der Waals surface area contributed by atoms with Gasteiger partial charge in [-0.2, -0.15) is 13.2 Å². The molecule has 0 bridgehead atoms. The number of carbonyl (C=O) groups is 2. The summed E-state index contributed by atoms with van der Waals surface area (Å²) in [7, 11) is 0.